The summed E-state index contributed by atoms with van der Waals surface area (Å²) in [6, 6.07) is 8.89. The maximum Gasteiger partial charge on any atom is 0.119 e. The van der Waals surface area contributed by atoms with E-state index in [1.54, 1.807) is 0 Å². The van der Waals surface area contributed by atoms with Crippen LogP contribution in [0.25, 0.3) is 0 Å². The number of rotatable bonds is 5. The van der Waals surface area contributed by atoms with Crippen LogP contribution in [-0.2, 0) is 5.41 Å². The zero-order valence-electron chi connectivity index (χ0n) is 11.7. The molecule has 0 heterocycles. The molecule has 1 aromatic rings. The van der Waals surface area contributed by atoms with E-state index in [1.807, 2.05) is 13.1 Å². The quantitative estimate of drug-likeness (QED) is 0.845. The first kappa shape index (κ1) is 14.0. The van der Waals surface area contributed by atoms with E-state index in [0.29, 0.717) is 6.04 Å². The lowest BCUT2D eigenvalue weighted by Gasteiger charge is -2.20. The maximum absolute atomic E-state index is 5.77. The molecule has 0 aliphatic heterocycles. The van der Waals surface area contributed by atoms with Crippen molar-refractivity contribution in [2.45, 2.75) is 45.6 Å². The number of ether oxygens (including phenoxy) is 1. The molecule has 0 spiro atoms. The second-order valence-electron chi connectivity index (χ2n) is 5.60. The Labute approximate surface area is 105 Å². The van der Waals surface area contributed by atoms with E-state index >= 15 is 0 Å². The summed E-state index contributed by atoms with van der Waals surface area (Å²) >= 11 is 0. The normalized spacial score (nSPS) is 13.5. The highest BCUT2D eigenvalue weighted by Crippen LogP contribution is 2.25. The molecule has 0 saturated carbocycles. The Morgan fingerprint density at radius 1 is 1.29 bits per heavy atom. The van der Waals surface area contributed by atoms with Crippen LogP contribution in [0.4, 0.5) is 0 Å². The molecule has 0 bridgehead atoms. The van der Waals surface area contributed by atoms with Gasteiger partial charge in [0.15, 0.2) is 0 Å². The van der Waals surface area contributed by atoms with Crippen LogP contribution in [0.5, 0.6) is 5.75 Å². The fourth-order valence-corrected chi connectivity index (χ4v) is 1.55. The molecule has 17 heavy (non-hydrogen) atoms. The summed E-state index contributed by atoms with van der Waals surface area (Å²) in [6.07, 6.45) is 1.02. The summed E-state index contributed by atoms with van der Waals surface area (Å²) in [7, 11) is 1.98. The Hall–Kier alpha value is -1.02. The van der Waals surface area contributed by atoms with Gasteiger partial charge in [-0.25, -0.2) is 0 Å². The van der Waals surface area contributed by atoms with Crippen LogP contribution in [0.15, 0.2) is 24.3 Å². The fraction of sp³-hybridized carbons (Fsp3) is 0.600. The van der Waals surface area contributed by atoms with E-state index in [-0.39, 0.29) is 5.41 Å². The Bertz CT molecular complexity index is 341. The molecule has 0 radical (unpaired) electrons. The number of hydrogen-bond acceptors (Lipinski definition) is 2. The first-order valence-electron chi connectivity index (χ1n) is 6.34. The molecule has 0 aromatic heterocycles. The minimum Gasteiger partial charge on any atom is -0.494 e. The zero-order valence-corrected chi connectivity index (χ0v) is 11.7. The van der Waals surface area contributed by atoms with Crippen LogP contribution < -0.4 is 10.1 Å². The Balaban J connectivity index is 2.55. The molecule has 1 N–H and O–H groups in total. The summed E-state index contributed by atoms with van der Waals surface area (Å²) in [5, 5.41) is 3.21. The van der Waals surface area contributed by atoms with E-state index < -0.39 is 0 Å². The average Bonchev–Trinajstić information content (AvgIpc) is 2.28. The van der Waals surface area contributed by atoms with Crippen LogP contribution in [0.1, 0.15) is 39.7 Å². The van der Waals surface area contributed by atoms with E-state index in [1.165, 1.54) is 5.56 Å². The van der Waals surface area contributed by atoms with Gasteiger partial charge in [-0.15, -0.1) is 0 Å². The molecule has 0 saturated heterocycles. The van der Waals surface area contributed by atoms with Gasteiger partial charge in [-0.1, -0.05) is 32.9 Å². The Morgan fingerprint density at radius 3 is 2.59 bits per heavy atom. The maximum atomic E-state index is 5.77. The van der Waals surface area contributed by atoms with Crippen molar-refractivity contribution in [3.05, 3.63) is 29.8 Å². The standard InChI is InChI=1S/C15H25NO/c1-12(16-5)9-10-17-14-8-6-7-13(11-14)15(2,3)4/h6-8,11-12,16H,9-10H2,1-5H3. The van der Waals surface area contributed by atoms with Gasteiger partial charge in [-0.3, -0.25) is 0 Å². The molecule has 2 heteroatoms. The zero-order chi connectivity index (χ0) is 12.9. The van der Waals surface area contributed by atoms with Crippen molar-refractivity contribution < 1.29 is 4.74 Å². The van der Waals surface area contributed by atoms with Gasteiger partial charge < -0.3 is 10.1 Å². The third kappa shape index (κ3) is 4.78. The molecule has 1 aromatic carbocycles. The molecule has 0 amide bonds. The first-order chi connectivity index (χ1) is 7.93. The summed E-state index contributed by atoms with van der Waals surface area (Å²) < 4.78 is 5.77. The molecule has 0 aliphatic rings. The molecular formula is C15H25NO. The predicted molar refractivity (Wildman–Crippen MR) is 73.8 cm³/mol. The fourth-order valence-electron chi connectivity index (χ4n) is 1.55. The van der Waals surface area contributed by atoms with Crippen molar-refractivity contribution >= 4 is 0 Å². The molecule has 1 unspecified atom stereocenters. The lowest BCUT2D eigenvalue weighted by Crippen LogP contribution is -2.23. The van der Waals surface area contributed by atoms with Gasteiger partial charge in [-0.05, 0) is 43.5 Å². The van der Waals surface area contributed by atoms with Gasteiger partial charge in [0.2, 0.25) is 0 Å². The summed E-state index contributed by atoms with van der Waals surface area (Å²) in [6.45, 7) is 9.57. The minimum absolute atomic E-state index is 0.178. The van der Waals surface area contributed by atoms with Crippen LogP contribution in [0, 0.1) is 0 Å². The summed E-state index contributed by atoms with van der Waals surface area (Å²) in [5.41, 5.74) is 1.49. The molecule has 1 atom stereocenters. The predicted octanol–water partition coefficient (Wildman–Crippen LogP) is 3.36. The number of nitrogens with one attached hydrogen (secondary N) is 1. The lowest BCUT2D eigenvalue weighted by molar-refractivity contribution is 0.293. The van der Waals surface area contributed by atoms with Crippen LogP contribution in [0.2, 0.25) is 0 Å². The summed E-state index contributed by atoms with van der Waals surface area (Å²) in [4.78, 5) is 0. The van der Waals surface area contributed by atoms with Crippen LogP contribution in [-0.4, -0.2) is 19.7 Å². The topological polar surface area (TPSA) is 21.3 Å². The van der Waals surface area contributed by atoms with Crippen molar-refractivity contribution in [3.8, 4) is 5.75 Å². The van der Waals surface area contributed by atoms with Crippen LogP contribution >= 0.6 is 0 Å². The Kier molecular flexibility index (Phi) is 5.01. The monoisotopic (exact) mass is 235 g/mol. The molecule has 0 aliphatic carbocycles. The van der Waals surface area contributed by atoms with E-state index in [9.17, 15) is 0 Å². The highest BCUT2D eigenvalue weighted by atomic mass is 16.5. The van der Waals surface area contributed by atoms with E-state index in [2.05, 4.69) is 51.2 Å². The van der Waals surface area contributed by atoms with Crippen molar-refractivity contribution in [2.24, 2.45) is 0 Å². The average molecular weight is 235 g/mol. The van der Waals surface area contributed by atoms with Crippen molar-refractivity contribution in [3.63, 3.8) is 0 Å². The first-order valence-corrected chi connectivity index (χ1v) is 6.34. The number of hydrogen-bond donors (Lipinski definition) is 1. The molecular weight excluding hydrogens is 210 g/mol. The Morgan fingerprint density at radius 2 is 2.00 bits per heavy atom. The third-order valence-corrected chi connectivity index (χ3v) is 3.01. The van der Waals surface area contributed by atoms with Crippen molar-refractivity contribution in [1.29, 1.82) is 0 Å². The minimum atomic E-state index is 0.178. The summed E-state index contributed by atoms with van der Waals surface area (Å²) in [5.74, 6) is 0.973. The molecule has 2 nitrogen and oxygen atoms in total. The molecule has 0 fully saturated rings. The van der Waals surface area contributed by atoms with E-state index in [0.717, 1.165) is 18.8 Å². The third-order valence-electron chi connectivity index (χ3n) is 3.01. The van der Waals surface area contributed by atoms with Crippen molar-refractivity contribution in [2.75, 3.05) is 13.7 Å². The van der Waals surface area contributed by atoms with Gasteiger partial charge in [0, 0.05) is 6.04 Å². The number of benzene rings is 1. The molecule has 96 valence electrons. The van der Waals surface area contributed by atoms with Gasteiger partial charge in [0.25, 0.3) is 0 Å². The van der Waals surface area contributed by atoms with Gasteiger partial charge in [-0.2, -0.15) is 0 Å². The second kappa shape index (κ2) is 6.06. The van der Waals surface area contributed by atoms with Crippen LogP contribution in [0.3, 0.4) is 0 Å². The van der Waals surface area contributed by atoms with Crippen molar-refractivity contribution in [1.82, 2.24) is 5.32 Å². The SMILES string of the molecule is CNC(C)CCOc1cccc(C(C)(C)C)c1. The van der Waals surface area contributed by atoms with Gasteiger partial charge in [0.05, 0.1) is 6.61 Å². The van der Waals surface area contributed by atoms with E-state index in [4.69, 9.17) is 4.74 Å². The second-order valence-corrected chi connectivity index (χ2v) is 5.60. The van der Waals surface area contributed by atoms with Gasteiger partial charge >= 0.3 is 0 Å². The highest BCUT2D eigenvalue weighted by Gasteiger charge is 2.13. The highest BCUT2D eigenvalue weighted by molar-refractivity contribution is 5.32. The largest absolute Gasteiger partial charge is 0.494 e. The smallest absolute Gasteiger partial charge is 0.119 e. The lowest BCUT2D eigenvalue weighted by atomic mass is 9.87. The van der Waals surface area contributed by atoms with Gasteiger partial charge in [0.1, 0.15) is 5.75 Å². The molecule has 1 rings (SSSR count).